The minimum absolute atomic E-state index is 0.0445. The number of hydrogen-bond acceptors (Lipinski definition) is 6. The summed E-state index contributed by atoms with van der Waals surface area (Å²) in [6.45, 7) is 0. The molecule has 0 spiro atoms. The molecular weight excluding hydrogens is 679 g/mol. The van der Waals surface area contributed by atoms with Gasteiger partial charge in [0.2, 0.25) is 0 Å². The summed E-state index contributed by atoms with van der Waals surface area (Å²) >= 11 is 0. The maximum Gasteiger partial charge on any atom is 0.194 e. The first-order chi connectivity index (χ1) is 26.7. The number of nitrogens with two attached hydrogens (primary N) is 3. The van der Waals surface area contributed by atoms with Crippen molar-refractivity contribution in [3.63, 3.8) is 0 Å². The molecule has 3 aliphatic carbocycles. The van der Waals surface area contributed by atoms with Crippen LogP contribution >= 0.6 is 0 Å². The number of carbonyl (C=O) groups excluding carboxylic acids is 3. The smallest absolute Gasteiger partial charge is 0.194 e. The molecule has 0 heterocycles. The molecule has 0 unspecified atom stereocenters. The van der Waals surface area contributed by atoms with Crippen LogP contribution in [0.1, 0.15) is 47.8 Å². The van der Waals surface area contributed by atoms with Gasteiger partial charge in [0.15, 0.2) is 17.3 Å². The lowest BCUT2D eigenvalue weighted by Crippen LogP contribution is -1.98. The number of hydrogen-bond donors (Lipinski definition) is 3. The van der Waals surface area contributed by atoms with Crippen LogP contribution in [0, 0.1) is 0 Å². The minimum atomic E-state index is -0.0526. The highest BCUT2D eigenvalue weighted by Gasteiger charge is 2.31. The van der Waals surface area contributed by atoms with Gasteiger partial charge in [0.05, 0.1) is 0 Å². The predicted molar refractivity (Wildman–Crippen MR) is 220 cm³/mol. The second-order valence-corrected chi connectivity index (χ2v) is 14.6. The summed E-state index contributed by atoms with van der Waals surface area (Å²) < 4.78 is 0. The number of fused-ring (bicyclic) bond motifs is 10. The van der Waals surface area contributed by atoms with E-state index in [9.17, 15) is 14.4 Å². The molecule has 6 N–H and O–H groups in total. The van der Waals surface area contributed by atoms with E-state index in [-0.39, 0.29) is 17.3 Å². The molecule has 0 amide bonds. The molecule has 6 nitrogen and oxygen atoms in total. The fraction of sp³-hybridized carbons (Fsp3) is 0. The maximum absolute atomic E-state index is 13.8. The first-order valence-electron chi connectivity index (χ1n) is 18.1. The molecule has 0 aliphatic heterocycles. The van der Waals surface area contributed by atoms with Gasteiger partial charge >= 0.3 is 0 Å². The van der Waals surface area contributed by atoms with Crippen molar-refractivity contribution in [2.45, 2.75) is 0 Å². The Morgan fingerprint density at radius 1 is 0.273 bits per heavy atom. The number of ketones is 3. The van der Waals surface area contributed by atoms with Gasteiger partial charge in [-0.25, -0.2) is 0 Å². The molecule has 0 saturated carbocycles. The van der Waals surface area contributed by atoms with E-state index in [2.05, 4.69) is 42.5 Å². The molecule has 0 radical (unpaired) electrons. The molecular formula is C49H29N3O3. The van der Waals surface area contributed by atoms with E-state index in [4.69, 9.17) is 17.2 Å². The van der Waals surface area contributed by atoms with Crippen LogP contribution < -0.4 is 17.2 Å². The monoisotopic (exact) mass is 707 g/mol. The third-order valence-corrected chi connectivity index (χ3v) is 11.5. The van der Waals surface area contributed by atoms with Crippen molar-refractivity contribution in [1.82, 2.24) is 0 Å². The Hall–Kier alpha value is -7.57. The fourth-order valence-electron chi connectivity index (χ4n) is 8.93. The van der Waals surface area contributed by atoms with E-state index in [0.717, 1.165) is 77.5 Å². The Bertz CT molecular complexity index is 3020. The molecule has 258 valence electrons. The van der Waals surface area contributed by atoms with Crippen molar-refractivity contribution in [3.8, 4) is 66.8 Å². The Labute approximate surface area is 315 Å². The van der Waals surface area contributed by atoms with Crippen molar-refractivity contribution in [1.29, 1.82) is 0 Å². The van der Waals surface area contributed by atoms with Gasteiger partial charge in [-0.3, -0.25) is 14.4 Å². The van der Waals surface area contributed by atoms with Gasteiger partial charge in [0, 0.05) is 50.4 Å². The predicted octanol–water partition coefficient (Wildman–Crippen LogP) is 10.2. The van der Waals surface area contributed by atoms with Crippen LogP contribution in [-0.4, -0.2) is 17.3 Å². The zero-order valence-corrected chi connectivity index (χ0v) is 29.2. The maximum atomic E-state index is 13.8. The van der Waals surface area contributed by atoms with Crippen molar-refractivity contribution >= 4 is 45.2 Å². The third kappa shape index (κ3) is 4.33. The fourth-order valence-corrected chi connectivity index (χ4v) is 8.93. The summed E-state index contributed by atoms with van der Waals surface area (Å²) in [7, 11) is 0. The lowest BCUT2D eigenvalue weighted by Gasteiger charge is -2.17. The highest BCUT2D eigenvalue weighted by Crippen LogP contribution is 2.47. The molecule has 55 heavy (non-hydrogen) atoms. The molecule has 0 fully saturated rings. The van der Waals surface area contributed by atoms with Crippen LogP contribution in [0.5, 0.6) is 0 Å². The molecule has 0 aromatic heterocycles. The summed E-state index contributed by atoms with van der Waals surface area (Å²) in [5.74, 6) is -0.150. The van der Waals surface area contributed by atoms with E-state index >= 15 is 0 Å². The van der Waals surface area contributed by atoms with Crippen LogP contribution in [-0.2, 0) is 0 Å². The molecule has 3 aliphatic rings. The van der Waals surface area contributed by atoms with Crippen LogP contribution in [0.15, 0.2) is 140 Å². The zero-order chi connectivity index (χ0) is 37.3. The molecule has 0 bridgehead atoms. The average Bonchev–Trinajstić information content (AvgIpc) is 3.76. The molecule has 8 aromatic carbocycles. The van der Waals surface area contributed by atoms with Gasteiger partial charge in [-0.2, -0.15) is 0 Å². The van der Waals surface area contributed by atoms with Crippen LogP contribution in [0.4, 0.5) is 17.1 Å². The largest absolute Gasteiger partial charge is 0.399 e. The van der Waals surface area contributed by atoms with Crippen molar-refractivity contribution in [3.05, 3.63) is 173 Å². The first kappa shape index (κ1) is 31.0. The van der Waals surface area contributed by atoms with Gasteiger partial charge < -0.3 is 17.2 Å². The highest BCUT2D eigenvalue weighted by atomic mass is 16.1. The molecule has 0 atom stereocenters. The second-order valence-electron chi connectivity index (χ2n) is 14.6. The standard InChI is InChI=1S/C49H29N3O3/c50-27-7-13-36-33-10-4-24(18-40(33)47(53)43(36)21-27)30-16-17-32(26-6-12-35-38-15-9-29(52)23-45(38)49(55)42(35)20-26)46-31(2-1-3-39(30)46)25-5-11-34-37-14-8-28(51)22-44(37)48(54)41(34)19-25/h1-23H,50-52H2. The van der Waals surface area contributed by atoms with Crippen LogP contribution in [0.2, 0.25) is 0 Å². The quantitative estimate of drug-likeness (QED) is 0.157. The number of carbonyl (C=O) groups is 3. The van der Waals surface area contributed by atoms with E-state index in [0.29, 0.717) is 50.4 Å². The highest BCUT2D eigenvalue weighted by molar-refractivity contribution is 6.25. The number of rotatable bonds is 3. The third-order valence-electron chi connectivity index (χ3n) is 11.5. The second kappa shape index (κ2) is 11.0. The van der Waals surface area contributed by atoms with Crippen molar-refractivity contribution in [2.24, 2.45) is 0 Å². The number of nitrogen functional groups attached to an aromatic ring is 3. The Balaban J connectivity index is 1.12. The van der Waals surface area contributed by atoms with Gasteiger partial charge in [-0.1, -0.05) is 84.9 Å². The molecule has 6 heteroatoms. The number of benzene rings is 8. The summed E-state index contributed by atoms with van der Waals surface area (Å²) in [4.78, 5) is 41.2. The normalized spacial score (nSPS) is 13.1. The van der Waals surface area contributed by atoms with Gasteiger partial charge in [0.1, 0.15) is 0 Å². The Morgan fingerprint density at radius 2 is 0.582 bits per heavy atom. The van der Waals surface area contributed by atoms with Gasteiger partial charge in [0.25, 0.3) is 0 Å². The molecule has 11 rings (SSSR count). The summed E-state index contributed by atoms with van der Waals surface area (Å²) in [5, 5.41) is 1.93. The number of anilines is 3. The topological polar surface area (TPSA) is 129 Å². The summed E-state index contributed by atoms with van der Waals surface area (Å²) in [6.07, 6.45) is 0. The lowest BCUT2D eigenvalue weighted by atomic mass is 9.86. The van der Waals surface area contributed by atoms with E-state index in [1.807, 2.05) is 78.9 Å². The van der Waals surface area contributed by atoms with Gasteiger partial charge in [-0.15, -0.1) is 0 Å². The molecule has 8 aromatic rings. The summed E-state index contributed by atoms with van der Waals surface area (Å²) in [5.41, 5.74) is 34.4. The molecule has 0 saturated heterocycles. The van der Waals surface area contributed by atoms with Crippen LogP contribution in [0.3, 0.4) is 0 Å². The SMILES string of the molecule is Nc1ccc2c(c1)C(=O)c1cc(-c3ccc(-c4ccc5c(c4)C(=O)c4cc(N)ccc4-5)c4c(-c5ccc6c(c5)C(=O)c5cc(N)ccc5-6)cccc34)ccc1-2. The average molecular weight is 708 g/mol. The van der Waals surface area contributed by atoms with Crippen molar-refractivity contribution < 1.29 is 14.4 Å². The summed E-state index contributed by atoms with van der Waals surface area (Å²) in [6, 6.07) is 45.0. The van der Waals surface area contributed by atoms with E-state index in [1.54, 1.807) is 18.2 Å². The van der Waals surface area contributed by atoms with E-state index < -0.39 is 0 Å². The first-order valence-corrected chi connectivity index (χ1v) is 18.1. The minimum Gasteiger partial charge on any atom is -0.399 e. The Kier molecular flexibility index (Phi) is 6.19. The van der Waals surface area contributed by atoms with Gasteiger partial charge in [-0.05, 0) is 132 Å². The Morgan fingerprint density at radius 3 is 1.00 bits per heavy atom. The van der Waals surface area contributed by atoms with Crippen LogP contribution in [0.25, 0.3) is 77.5 Å². The van der Waals surface area contributed by atoms with Crippen molar-refractivity contribution in [2.75, 3.05) is 17.2 Å². The zero-order valence-electron chi connectivity index (χ0n) is 29.2. The van der Waals surface area contributed by atoms with E-state index in [1.165, 1.54) is 0 Å². The lowest BCUT2D eigenvalue weighted by molar-refractivity contribution is 0.103.